The monoisotopic (exact) mass is 804 g/mol. The molecule has 2 heterocycles. The third kappa shape index (κ3) is 20.7. The fourth-order valence-corrected chi connectivity index (χ4v) is 4.64. The van der Waals surface area contributed by atoms with Gasteiger partial charge in [-0.3, -0.25) is 0 Å². The van der Waals surface area contributed by atoms with Gasteiger partial charge in [0, 0.05) is 44.1 Å². The molecule has 0 saturated heterocycles. The number of nitrogens with one attached hydrogen (secondary N) is 5. The van der Waals surface area contributed by atoms with Crippen molar-refractivity contribution in [2.75, 3.05) is 94.7 Å². The molecular weight excluding hydrogens is 773 g/mol. The minimum absolute atomic E-state index is 0. The zero-order valence-electron chi connectivity index (χ0n) is 27.8. The van der Waals surface area contributed by atoms with Crippen molar-refractivity contribution in [1.29, 1.82) is 0 Å². The summed E-state index contributed by atoms with van der Waals surface area (Å²) in [6, 6.07) is 6.37. The van der Waals surface area contributed by atoms with Gasteiger partial charge in [0.15, 0.2) is 0 Å². The number of rotatable bonds is 21. The normalized spacial score (nSPS) is 11.2. The molecule has 51 heavy (non-hydrogen) atoms. The Hall–Kier alpha value is -1.31. The fourth-order valence-electron chi connectivity index (χ4n) is 3.58. The van der Waals surface area contributed by atoms with Gasteiger partial charge >= 0.3 is 88.7 Å². The maximum atomic E-state index is 11.0. The van der Waals surface area contributed by atoms with E-state index in [-0.39, 0.29) is 170 Å². The van der Waals surface area contributed by atoms with Crippen molar-refractivity contribution in [3.63, 3.8) is 0 Å². The van der Waals surface area contributed by atoms with Crippen LogP contribution in [0.1, 0.15) is 0 Å². The molecule has 0 amide bonds. The molecule has 1 aromatic carbocycles. The molecule has 0 atom stereocenters. The van der Waals surface area contributed by atoms with Crippen LogP contribution in [-0.4, -0.2) is 142 Å². The summed E-state index contributed by atoms with van der Waals surface area (Å²) in [5.41, 5.74) is 0.746. The Bertz CT molecular complexity index is 1810. The smallest absolute Gasteiger partial charge is 0.748 e. The number of anilines is 8. The van der Waals surface area contributed by atoms with E-state index in [1.165, 1.54) is 4.90 Å². The molecule has 0 aliphatic carbocycles. The second kappa shape index (κ2) is 23.5. The number of aliphatic hydroxyl groups is 2. The van der Waals surface area contributed by atoms with Crippen LogP contribution in [0, 0.1) is 0 Å². The largest absolute Gasteiger partial charge is 1.00 e. The maximum Gasteiger partial charge on any atom is 1.00 e. The van der Waals surface area contributed by atoms with E-state index in [9.17, 15) is 49.1 Å². The molecule has 0 spiro atoms. The van der Waals surface area contributed by atoms with E-state index in [0.29, 0.717) is 11.4 Å². The third-order valence-electron chi connectivity index (χ3n) is 5.56. The van der Waals surface area contributed by atoms with Gasteiger partial charge in [0.05, 0.1) is 60.8 Å². The number of hydrogen-bond acceptors (Lipinski definition) is 23. The first-order chi connectivity index (χ1) is 22.5. The molecule has 0 unspecified atom stereocenters. The van der Waals surface area contributed by atoms with Crippen LogP contribution >= 0.6 is 0 Å². The topological polar surface area (TPSA) is 353 Å². The number of aromatic nitrogens is 6. The van der Waals surface area contributed by atoms with Crippen molar-refractivity contribution in [2.24, 2.45) is 0 Å². The number of nitrogens with zero attached hydrogens (tertiary/aromatic N) is 7. The van der Waals surface area contributed by atoms with Crippen LogP contribution in [0.25, 0.3) is 0 Å². The van der Waals surface area contributed by atoms with Crippen molar-refractivity contribution < 1.29 is 138 Å². The molecule has 0 saturated carbocycles. The first-order valence-electron chi connectivity index (χ1n) is 13.7. The quantitative estimate of drug-likeness (QED) is 0.0388. The van der Waals surface area contributed by atoms with Gasteiger partial charge in [-0.25, -0.2) is 25.3 Å². The molecule has 0 bridgehead atoms. The van der Waals surface area contributed by atoms with Crippen LogP contribution < -0.4 is 120 Å². The van der Waals surface area contributed by atoms with Gasteiger partial charge in [0.1, 0.15) is 0 Å². The standard InChI is InChI=1S/C22H34N12O11S3.3Na/c35-9-7-34(8-10-36)22-32-19(25-6-13-48(43,44)45)31-21(33-22)27-16-3-1-2-15(14-16)26-20-29-17(23-4-11-46(37,38)39)28-18(30-20)24-5-12-47(40,41)42;;;/h1-3,14,35-36H,4-13H2,(H,37,38,39)(H,40,41,42)(H,43,44,45)(H2,25,27,31,32,33)(H3,23,24,26,28,29,30);;;/q;3*+1/p-3. The van der Waals surface area contributed by atoms with Gasteiger partial charge < -0.3 is 55.4 Å². The maximum absolute atomic E-state index is 11.0. The zero-order chi connectivity index (χ0) is 35.4. The van der Waals surface area contributed by atoms with Crippen molar-refractivity contribution in [2.45, 2.75) is 0 Å². The van der Waals surface area contributed by atoms with Crippen LogP contribution in [0.15, 0.2) is 24.3 Å². The molecule has 3 aromatic rings. The summed E-state index contributed by atoms with van der Waals surface area (Å²) < 4.78 is 98.9. The predicted molar refractivity (Wildman–Crippen MR) is 168 cm³/mol. The van der Waals surface area contributed by atoms with Crippen LogP contribution in [0.2, 0.25) is 0 Å². The Morgan fingerprint density at radius 3 is 1.27 bits per heavy atom. The van der Waals surface area contributed by atoms with Gasteiger partial charge in [0.25, 0.3) is 0 Å². The van der Waals surface area contributed by atoms with Crippen LogP contribution in [0.5, 0.6) is 0 Å². The number of hydrogen-bond donors (Lipinski definition) is 7. The molecular formula is C22H31N12Na3O11S3. The van der Waals surface area contributed by atoms with Crippen molar-refractivity contribution >= 4 is 77.4 Å². The molecule has 0 fully saturated rings. The predicted octanol–water partition coefficient (Wildman–Crippen LogP) is -11.8. The Kier molecular flexibility index (Phi) is 22.9. The van der Waals surface area contributed by atoms with E-state index in [1.54, 1.807) is 24.3 Å². The first-order valence-corrected chi connectivity index (χ1v) is 18.4. The van der Waals surface area contributed by atoms with Gasteiger partial charge in [0.2, 0.25) is 35.7 Å². The summed E-state index contributed by atoms with van der Waals surface area (Å²) in [5, 5.41) is 32.4. The molecule has 266 valence electrons. The van der Waals surface area contributed by atoms with Crippen molar-refractivity contribution in [3.05, 3.63) is 24.3 Å². The Morgan fingerprint density at radius 1 is 0.569 bits per heavy atom. The average Bonchev–Trinajstić information content (AvgIpc) is 2.95. The Labute approximate surface area is 360 Å². The fraction of sp³-hybridized carbons (Fsp3) is 0.455. The molecule has 2 aromatic heterocycles. The minimum atomic E-state index is -4.55. The van der Waals surface area contributed by atoms with Crippen LogP contribution in [0.3, 0.4) is 0 Å². The van der Waals surface area contributed by atoms with E-state index in [0.717, 1.165) is 0 Å². The van der Waals surface area contributed by atoms with Crippen molar-refractivity contribution in [1.82, 2.24) is 29.9 Å². The van der Waals surface area contributed by atoms with E-state index in [2.05, 4.69) is 56.5 Å². The summed E-state index contributed by atoms with van der Waals surface area (Å²) in [7, 11) is -13.6. The summed E-state index contributed by atoms with van der Waals surface area (Å²) >= 11 is 0. The van der Waals surface area contributed by atoms with Gasteiger partial charge in [-0.05, 0) is 18.2 Å². The first kappa shape index (κ1) is 49.7. The molecule has 29 heteroatoms. The van der Waals surface area contributed by atoms with Gasteiger partial charge in [-0.2, -0.15) is 29.9 Å². The Balaban J connectivity index is 0.00000833. The van der Waals surface area contributed by atoms with Crippen LogP contribution in [-0.2, 0) is 30.4 Å². The SMILES string of the molecule is O=S(=O)([O-])CCNc1nc(NCCS(=O)(=O)[O-])nc(Nc2cccc(Nc3nc(NCCS(=O)(=O)[O-])nc(N(CCO)CCO)n3)c2)n1.[Na+].[Na+].[Na+]. The molecule has 0 aliphatic rings. The van der Waals surface area contributed by atoms with E-state index < -0.39 is 47.6 Å². The number of aliphatic hydroxyl groups excluding tert-OH is 2. The van der Waals surface area contributed by atoms with Crippen molar-refractivity contribution in [3.8, 4) is 0 Å². The zero-order valence-corrected chi connectivity index (χ0v) is 36.3. The van der Waals surface area contributed by atoms with Crippen LogP contribution in [0.4, 0.5) is 47.1 Å². The summed E-state index contributed by atoms with van der Waals surface area (Å²) in [5.74, 6) is -2.94. The van der Waals surface area contributed by atoms with Gasteiger partial charge in [-0.1, -0.05) is 6.07 Å². The minimum Gasteiger partial charge on any atom is -0.748 e. The molecule has 0 aliphatic heterocycles. The molecule has 3 rings (SSSR count). The van der Waals surface area contributed by atoms with E-state index in [1.807, 2.05) is 0 Å². The molecule has 7 N–H and O–H groups in total. The van der Waals surface area contributed by atoms with E-state index >= 15 is 0 Å². The second-order valence-electron chi connectivity index (χ2n) is 9.42. The average molecular weight is 805 g/mol. The van der Waals surface area contributed by atoms with E-state index in [4.69, 9.17) is 0 Å². The number of benzene rings is 1. The molecule has 0 radical (unpaired) electrons. The molecule has 23 nitrogen and oxygen atoms in total. The summed E-state index contributed by atoms with van der Waals surface area (Å²) in [4.78, 5) is 26.3. The second-order valence-corrected chi connectivity index (χ2v) is 14.0. The Morgan fingerprint density at radius 2 is 0.902 bits per heavy atom. The van der Waals surface area contributed by atoms with Gasteiger partial charge in [-0.15, -0.1) is 0 Å². The third-order valence-corrected chi connectivity index (χ3v) is 7.67. The summed E-state index contributed by atoms with van der Waals surface area (Å²) in [6.45, 7) is -1.55. The summed E-state index contributed by atoms with van der Waals surface area (Å²) in [6.07, 6.45) is 0.